The first-order valence-corrected chi connectivity index (χ1v) is 8.44. The Bertz CT molecular complexity index is 790. The van der Waals surface area contributed by atoms with Crippen LogP contribution in [0.25, 0.3) is 0 Å². The van der Waals surface area contributed by atoms with Crippen molar-refractivity contribution >= 4 is 34.7 Å². The Morgan fingerprint density at radius 3 is 2.64 bits per heavy atom. The minimum atomic E-state index is -0.0583. The Morgan fingerprint density at radius 2 is 2.05 bits per heavy atom. The van der Waals surface area contributed by atoms with Gasteiger partial charge in [-0.1, -0.05) is 11.8 Å². The van der Waals surface area contributed by atoms with Crippen LogP contribution in [0.4, 0.5) is 5.69 Å². The number of imidazole rings is 1. The molecule has 1 N–H and O–H groups in total. The van der Waals surface area contributed by atoms with Gasteiger partial charge in [0.15, 0.2) is 5.16 Å². The van der Waals surface area contributed by atoms with E-state index in [1.807, 2.05) is 60.4 Å². The number of carbonyl (C=O) groups excluding carboxylic acids is 1. The summed E-state index contributed by atoms with van der Waals surface area (Å²) in [4.78, 5) is 18.3. The van der Waals surface area contributed by atoms with E-state index in [0.717, 1.165) is 26.2 Å². The number of carbonyl (C=O) groups is 1. The van der Waals surface area contributed by atoms with E-state index in [0.29, 0.717) is 0 Å². The van der Waals surface area contributed by atoms with Crippen molar-refractivity contribution in [3.8, 4) is 0 Å². The lowest BCUT2D eigenvalue weighted by Gasteiger charge is -2.06. The van der Waals surface area contributed by atoms with Crippen LogP contribution >= 0.6 is 23.1 Å². The van der Waals surface area contributed by atoms with Crippen molar-refractivity contribution in [1.29, 1.82) is 0 Å². The first-order valence-electron chi connectivity index (χ1n) is 6.74. The lowest BCUT2D eigenvalue weighted by atomic mass is 10.2. The molecule has 0 bridgehead atoms. The van der Waals surface area contributed by atoms with Crippen LogP contribution in [0.15, 0.2) is 58.2 Å². The average Bonchev–Trinajstić information content (AvgIpc) is 3.10. The molecular weight excluding hydrogens is 314 g/mol. The van der Waals surface area contributed by atoms with E-state index in [1.54, 1.807) is 18.0 Å². The second kappa shape index (κ2) is 6.37. The van der Waals surface area contributed by atoms with Gasteiger partial charge in [-0.05, 0) is 48.2 Å². The number of benzene rings is 1. The van der Waals surface area contributed by atoms with Crippen molar-refractivity contribution < 1.29 is 4.79 Å². The van der Waals surface area contributed by atoms with Crippen molar-refractivity contribution in [3.63, 3.8) is 0 Å². The zero-order valence-corrected chi connectivity index (χ0v) is 13.9. The van der Waals surface area contributed by atoms with Gasteiger partial charge in [-0.2, -0.15) is 0 Å². The van der Waals surface area contributed by atoms with Gasteiger partial charge in [-0.25, -0.2) is 4.98 Å². The largest absolute Gasteiger partial charge is 0.329 e. The molecule has 0 radical (unpaired) electrons. The zero-order valence-electron chi connectivity index (χ0n) is 12.2. The third kappa shape index (κ3) is 3.23. The summed E-state index contributed by atoms with van der Waals surface area (Å²) in [5.74, 6) is -0.0583. The van der Waals surface area contributed by atoms with E-state index in [1.165, 1.54) is 11.3 Å². The Hall–Kier alpha value is -2.05. The number of anilines is 1. The number of aryl methyl sites for hydroxylation is 2. The van der Waals surface area contributed by atoms with Crippen LogP contribution in [0, 0.1) is 6.92 Å². The van der Waals surface area contributed by atoms with Gasteiger partial charge in [-0.3, -0.25) is 4.79 Å². The molecule has 0 unspecified atom stereocenters. The van der Waals surface area contributed by atoms with Crippen LogP contribution in [0.3, 0.4) is 0 Å². The van der Waals surface area contributed by atoms with Gasteiger partial charge in [0.25, 0.3) is 5.91 Å². The minimum absolute atomic E-state index is 0.0583. The second-order valence-corrected chi connectivity index (χ2v) is 6.79. The molecule has 0 saturated carbocycles. The molecule has 4 nitrogen and oxygen atoms in total. The van der Waals surface area contributed by atoms with Crippen molar-refractivity contribution in [2.45, 2.75) is 17.0 Å². The van der Waals surface area contributed by atoms with Gasteiger partial charge in [0.1, 0.15) is 0 Å². The molecule has 3 aromatic rings. The highest BCUT2D eigenvalue weighted by Gasteiger charge is 2.10. The van der Waals surface area contributed by atoms with Crippen LogP contribution in [0.1, 0.15) is 15.2 Å². The molecule has 3 rings (SSSR count). The Morgan fingerprint density at radius 1 is 1.27 bits per heavy atom. The summed E-state index contributed by atoms with van der Waals surface area (Å²) in [5, 5.41) is 5.79. The zero-order chi connectivity index (χ0) is 15.5. The van der Waals surface area contributed by atoms with Crippen LogP contribution < -0.4 is 5.32 Å². The van der Waals surface area contributed by atoms with Gasteiger partial charge in [-0.15, -0.1) is 11.3 Å². The number of aromatic nitrogens is 2. The van der Waals surface area contributed by atoms with Gasteiger partial charge in [0.05, 0.1) is 4.88 Å². The quantitative estimate of drug-likeness (QED) is 0.780. The highest BCUT2D eigenvalue weighted by molar-refractivity contribution is 7.99. The number of hydrogen-bond acceptors (Lipinski definition) is 4. The fourth-order valence-corrected chi connectivity index (χ4v) is 3.58. The van der Waals surface area contributed by atoms with Gasteiger partial charge in [0, 0.05) is 30.0 Å². The maximum atomic E-state index is 12.2. The van der Waals surface area contributed by atoms with Gasteiger partial charge >= 0.3 is 0 Å². The van der Waals surface area contributed by atoms with Crippen molar-refractivity contribution in [1.82, 2.24) is 9.55 Å². The van der Waals surface area contributed by atoms with E-state index in [4.69, 9.17) is 0 Å². The van der Waals surface area contributed by atoms with E-state index in [9.17, 15) is 4.79 Å². The van der Waals surface area contributed by atoms with E-state index >= 15 is 0 Å². The molecule has 1 aromatic carbocycles. The van der Waals surface area contributed by atoms with E-state index in [-0.39, 0.29) is 5.91 Å². The normalized spacial score (nSPS) is 10.6. The topological polar surface area (TPSA) is 46.9 Å². The average molecular weight is 329 g/mol. The molecule has 0 atom stereocenters. The Balaban J connectivity index is 1.68. The van der Waals surface area contributed by atoms with Crippen LogP contribution in [-0.4, -0.2) is 15.5 Å². The number of hydrogen-bond donors (Lipinski definition) is 1. The summed E-state index contributed by atoms with van der Waals surface area (Å²) < 4.78 is 1.97. The first-order chi connectivity index (χ1) is 10.6. The summed E-state index contributed by atoms with van der Waals surface area (Å²) in [6, 6.07) is 9.73. The first kappa shape index (κ1) is 14.9. The summed E-state index contributed by atoms with van der Waals surface area (Å²) in [6.07, 6.45) is 3.70. The van der Waals surface area contributed by atoms with E-state index < -0.39 is 0 Å². The molecule has 2 aromatic heterocycles. The lowest BCUT2D eigenvalue weighted by Crippen LogP contribution is -2.11. The summed E-state index contributed by atoms with van der Waals surface area (Å²) in [5.41, 5.74) is 1.80. The molecule has 0 spiro atoms. The molecule has 0 aliphatic carbocycles. The van der Waals surface area contributed by atoms with Gasteiger partial charge < -0.3 is 9.88 Å². The SMILES string of the molecule is Cc1ccsc1C(=O)Nc1ccc(Sc2nccn2C)cc1. The fourth-order valence-electron chi connectivity index (χ4n) is 1.96. The monoisotopic (exact) mass is 329 g/mol. The molecule has 1 amide bonds. The van der Waals surface area contributed by atoms with Crippen LogP contribution in [0.2, 0.25) is 0 Å². The minimum Gasteiger partial charge on any atom is -0.329 e. The number of rotatable bonds is 4. The Labute approximate surface area is 137 Å². The van der Waals surface area contributed by atoms with Gasteiger partial charge in [0.2, 0.25) is 0 Å². The highest BCUT2D eigenvalue weighted by atomic mass is 32.2. The van der Waals surface area contributed by atoms with Crippen molar-refractivity contribution in [3.05, 3.63) is 58.5 Å². The highest BCUT2D eigenvalue weighted by Crippen LogP contribution is 2.27. The lowest BCUT2D eigenvalue weighted by molar-refractivity contribution is 0.103. The summed E-state index contributed by atoms with van der Waals surface area (Å²) >= 11 is 3.05. The Kier molecular flexibility index (Phi) is 4.31. The van der Waals surface area contributed by atoms with Crippen molar-refractivity contribution in [2.75, 3.05) is 5.32 Å². The standard InChI is InChI=1S/C16H15N3OS2/c1-11-7-10-21-14(11)15(20)18-12-3-5-13(6-4-12)22-16-17-8-9-19(16)2/h3-10H,1-2H3,(H,18,20). The van der Waals surface area contributed by atoms with E-state index in [2.05, 4.69) is 10.3 Å². The molecule has 0 aliphatic heterocycles. The molecule has 2 heterocycles. The number of nitrogens with one attached hydrogen (secondary N) is 1. The van der Waals surface area contributed by atoms with Crippen LogP contribution in [0.5, 0.6) is 0 Å². The third-order valence-electron chi connectivity index (χ3n) is 3.17. The third-order valence-corrected chi connectivity index (χ3v) is 5.27. The molecule has 0 fully saturated rings. The molecular formula is C16H15N3OS2. The second-order valence-electron chi connectivity index (χ2n) is 4.83. The number of thiophene rings is 1. The summed E-state index contributed by atoms with van der Waals surface area (Å²) in [7, 11) is 1.97. The maximum Gasteiger partial charge on any atom is 0.265 e. The smallest absolute Gasteiger partial charge is 0.265 e. The molecule has 22 heavy (non-hydrogen) atoms. The molecule has 112 valence electrons. The van der Waals surface area contributed by atoms with Crippen LogP contribution in [-0.2, 0) is 7.05 Å². The molecule has 0 saturated heterocycles. The fraction of sp³-hybridized carbons (Fsp3) is 0.125. The molecule has 0 aliphatic rings. The summed E-state index contributed by atoms with van der Waals surface area (Å²) in [6.45, 7) is 1.94. The number of nitrogens with zero attached hydrogens (tertiary/aromatic N) is 2. The predicted octanol–water partition coefficient (Wildman–Crippen LogP) is 4.19. The number of amides is 1. The predicted molar refractivity (Wildman–Crippen MR) is 90.8 cm³/mol. The maximum absolute atomic E-state index is 12.2. The molecule has 6 heteroatoms. The van der Waals surface area contributed by atoms with Crippen molar-refractivity contribution in [2.24, 2.45) is 7.05 Å².